The smallest absolute Gasteiger partial charge is 0.350 e. The predicted molar refractivity (Wildman–Crippen MR) is 150 cm³/mol. The van der Waals surface area contributed by atoms with Crippen molar-refractivity contribution >= 4 is 39.9 Å². The van der Waals surface area contributed by atoms with E-state index in [-0.39, 0.29) is 27.3 Å². The molecule has 0 aliphatic carbocycles. The van der Waals surface area contributed by atoms with Crippen molar-refractivity contribution < 1.29 is 29.0 Å². The van der Waals surface area contributed by atoms with Crippen molar-refractivity contribution in [1.82, 2.24) is 4.98 Å². The summed E-state index contributed by atoms with van der Waals surface area (Å²) in [5.41, 5.74) is 3.12. The van der Waals surface area contributed by atoms with Gasteiger partial charge in [0.05, 0.1) is 24.4 Å². The lowest BCUT2D eigenvalue weighted by atomic mass is 9.93. The highest BCUT2D eigenvalue weighted by Crippen LogP contribution is 2.44. The molecule has 1 aliphatic rings. The summed E-state index contributed by atoms with van der Waals surface area (Å²) in [4.78, 5) is 45.1. The number of ketones is 1. The van der Waals surface area contributed by atoms with Crippen molar-refractivity contribution in [3.05, 3.63) is 93.5 Å². The average molecular weight is 547 g/mol. The monoisotopic (exact) mass is 546 g/mol. The summed E-state index contributed by atoms with van der Waals surface area (Å²) in [7, 11) is 1.26. The van der Waals surface area contributed by atoms with E-state index in [2.05, 4.69) is 25.4 Å². The summed E-state index contributed by atoms with van der Waals surface area (Å²) in [6.07, 6.45) is 1.63. The summed E-state index contributed by atoms with van der Waals surface area (Å²) in [6, 6.07) is 11.6. The van der Waals surface area contributed by atoms with Gasteiger partial charge in [0.1, 0.15) is 23.0 Å². The Morgan fingerprint density at radius 1 is 1.18 bits per heavy atom. The van der Waals surface area contributed by atoms with Gasteiger partial charge in [0, 0.05) is 5.56 Å². The first-order valence-electron chi connectivity index (χ1n) is 12.4. The van der Waals surface area contributed by atoms with Crippen LogP contribution in [0.3, 0.4) is 0 Å². The lowest BCUT2D eigenvalue weighted by molar-refractivity contribution is -0.132. The number of Topliss-reactive ketones (excluding diaryl/α,β-unsaturated/α-hetero) is 1. The molecule has 1 unspecified atom stereocenters. The number of aliphatic hydroxyl groups excluding tert-OH is 1. The Bertz CT molecular complexity index is 1490. The maximum Gasteiger partial charge on any atom is 0.350 e. The predicted octanol–water partition coefficient (Wildman–Crippen LogP) is 5.86. The topological polar surface area (TPSA) is 106 Å². The number of aromatic nitrogens is 1. The third-order valence-electron chi connectivity index (χ3n) is 6.53. The Morgan fingerprint density at radius 2 is 1.87 bits per heavy atom. The number of methoxy groups -OCH3 is 1. The number of aryl methyl sites for hydroxylation is 2. The van der Waals surface area contributed by atoms with E-state index in [0.717, 1.165) is 22.5 Å². The molecule has 1 fully saturated rings. The Kier molecular flexibility index (Phi) is 8.01. The molecule has 0 bridgehead atoms. The van der Waals surface area contributed by atoms with Crippen molar-refractivity contribution in [3.63, 3.8) is 0 Å². The molecule has 1 aromatic heterocycles. The largest absolute Gasteiger partial charge is 0.507 e. The van der Waals surface area contributed by atoms with Gasteiger partial charge >= 0.3 is 11.9 Å². The summed E-state index contributed by atoms with van der Waals surface area (Å²) < 4.78 is 10.5. The number of benzene rings is 2. The van der Waals surface area contributed by atoms with Crippen LogP contribution in [0.15, 0.2) is 60.7 Å². The molecule has 202 valence electrons. The van der Waals surface area contributed by atoms with Crippen molar-refractivity contribution in [2.75, 3.05) is 18.6 Å². The molecule has 1 N–H and O–H groups in total. The van der Waals surface area contributed by atoms with Crippen molar-refractivity contribution in [3.8, 4) is 5.75 Å². The zero-order valence-corrected chi connectivity index (χ0v) is 23.3. The highest BCUT2D eigenvalue weighted by atomic mass is 32.1. The summed E-state index contributed by atoms with van der Waals surface area (Å²) in [5, 5.41) is 11.6. The van der Waals surface area contributed by atoms with Crippen molar-refractivity contribution in [2.24, 2.45) is 0 Å². The molecule has 9 heteroatoms. The first-order chi connectivity index (χ1) is 18.6. The van der Waals surface area contributed by atoms with Gasteiger partial charge in [0.15, 0.2) is 5.13 Å². The van der Waals surface area contributed by atoms with Gasteiger partial charge in [-0.15, -0.1) is 0 Å². The minimum Gasteiger partial charge on any atom is -0.507 e. The highest BCUT2D eigenvalue weighted by molar-refractivity contribution is 7.17. The van der Waals surface area contributed by atoms with Crippen LogP contribution >= 0.6 is 11.3 Å². The number of anilines is 1. The zero-order chi connectivity index (χ0) is 28.4. The summed E-state index contributed by atoms with van der Waals surface area (Å²) >= 11 is 0.962. The van der Waals surface area contributed by atoms with E-state index >= 15 is 0 Å². The van der Waals surface area contributed by atoms with Crippen LogP contribution in [-0.2, 0) is 14.3 Å². The minimum absolute atomic E-state index is 0.0658. The van der Waals surface area contributed by atoms with Gasteiger partial charge in [-0.25, -0.2) is 9.78 Å². The van der Waals surface area contributed by atoms with Gasteiger partial charge in [-0.2, -0.15) is 0 Å². The van der Waals surface area contributed by atoms with E-state index < -0.39 is 23.7 Å². The zero-order valence-electron chi connectivity index (χ0n) is 22.5. The van der Waals surface area contributed by atoms with Crippen LogP contribution in [0.2, 0.25) is 0 Å². The fraction of sp³-hybridized carbons (Fsp3) is 0.267. The third kappa shape index (κ3) is 5.22. The summed E-state index contributed by atoms with van der Waals surface area (Å²) in [5.74, 6) is -1.70. The number of rotatable bonds is 8. The van der Waals surface area contributed by atoms with Crippen LogP contribution in [0.25, 0.3) is 5.76 Å². The van der Waals surface area contributed by atoms with E-state index in [1.807, 2.05) is 31.2 Å². The molecule has 2 heterocycles. The van der Waals surface area contributed by atoms with Crippen LogP contribution in [-0.4, -0.2) is 41.5 Å². The molecule has 1 aliphatic heterocycles. The molecule has 4 rings (SSSR count). The molecule has 39 heavy (non-hydrogen) atoms. The molecule has 0 radical (unpaired) electrons. The number of hydrogen-bond donors (Lipinski definition) is 1. The van der Waals surface area contributed by atoms with E-state index in [1.165, 1.54) is 12.0 Å². The van der Waals surface area contributed by atoms with Gasteiger partial charge in [0.2, 0.25) is 0 Å². The van der Waals surface area contributed by atoms with Crippen LogP contribution in [0.1, 0.15) is 63.4 Å². The van der Waals surface area contributed by atoms with Crippen molar-refractivity contribution in [2.45, 2.75) is 39.7 Å². The molecule has 1 atom stereocenters. The first-order valence-corrected chi connectivity index (χ1v) is 13.2. The molecule has 1 amide bonds. The van der Waals surface area contributed by atoms with E-state index in [9.17, 15) is 19.5 Å². The molecule has 0 spiro atoms. The van der Waals surface area contributed by atoms with Crippen LogP contribution in [0, 0.1) is 13.8 Å². The number of carbonyl (C=O) groups excluding carboxylic acids is 3. The van der Waals surface area contributed by atoms with Crippen LogP contribution in [0.4, 0.5) is 5.13 Å². The number of thiazole rings is 1. The number of aliphatic hydroxyl groups is 1. The standard InChI is InChI=1S/C30H30N2O6S/c1-7-14-38-22-13-12-21(15-17(22)4)25(33)23-24(20-10-8-19(9-11-20)16(2)3)32(28(35)26(23)34)30-31-18(5)27(39-30)29(36)37-6/h7-13,15-16,24,33H,1,14H2,2-6H3/b25-23-. The van der Waals surface area contributed by atoms with E-state index in [1.54, 1.807) is 31.2 Å². The number of hydrogen-bond acceptors (Lipinski definition) is 8. The number of carbonyl (C=O) groups is 3. The maximum absolute atomic E-state index is 13.5. The lowest BCUT2D eigenvalue weighted by Gasteiger charge is -2.23. The Balaban J connectivity index is 1.89. The second-order valence-corrected chi connectivity index (χ2v) is 10.5. The number of ether oxygens (including phenoxy) is 2. The van der Waals surface area contributed by atoms with E-state index in [4.69, 9.17) is 9.47 Å². The first kappa shape index (κ1) is 27.8. The van der Waals surface area contributed by atoms with Crippen LogP contribution < -0.4 is 9.64 Å². The normalized spacial score (nSPS) is 16.6. The van der Waals surface area contributed by atoms with Gasteiger partial charge in [-0.05, 0) is 54.7 Å². The summed E-state index contributed by atoms with van der Waals surface area (Å²) in [6.45, 7) is 11.6. The van der Waals surface area contributed by atoms with Gasteiger partial charge in [-0.1, -0.05) is 62.1 Å². The van der Waals surface area contributed by atoms with Crippen LogP contribution in [0.5, 0.6) is 5.75 Å². The third-order valence-corrected chi connectivity index (χ3v) is 7.67. The van der Waals surface area contributed by atoms with Gasteiger partial charge in [0.25, 0.3) is 5.78 Å². The molecule has 8 nitrogen and oxygen atoms in total. The number of nitrogens with zero attached hydrogens (tertiary/aromatic N) is 2. The Labute approximate surface area is 231 Å². The molecule has 1 saturated heterocycles. The molecular formula is C30H30N2O6S. The van der Waals surface area contributed by atoms with E-state index in [0.29, 0.717) is 29.2 Å². The molecule has 0 saturated carbocycles. The van der Waals surface area contributed by atoms with Crippen molar-refractivity contribution in [1.29, 1.82) is 0 Å². The second-order valence-electron chi connectivity index (χ2n) is 9.47. The quantitative estimate of drug-likeness (QED) is 0.124. The van der Waals surface area contributed by atoms with Gasteiger partial charge < -0.3 is 14.6 Å². The Hall–Kier alpha value is -4.24. The fourth-order valence-electron chi connectivity index (χ4n) is 4.44. The lowest BCUT2D eigenvalue weighted by Crippen LogP contribution is -2.29. The SMILES string of the molecule is C=CCOc1ccc(/C(O)=C2/C(=O)C(=O)N(c3nc(C)c(C(=O)OC)s3)C2c2ccc(C(C)C)cc2)cc1C. The number of esters is 1. The fourth-order valence-corrected chi connectivity index (χ4v) is 5.45. The minimum atomic E-state index is -0.959. The average Bonchev–Trinajstić information content (AvgIpc) is 3.43. The molecule has 3 aromatic rings. The number of amides is 1. The maximum atomic E-state index is 13.5. The Morgan fingerprint density at radius 3 is 2.46 bits per heavy atom. The molecule has 2 aromatic carbocycles. The highest BCUT2D eigenvalue weighted by Gasteiger charge is 2.48. The van der Waals surface area contributed by atoms with Gasteiger partial charge in [-0.3, -0.25) is 14.5 Å². The molecular weight excluding hydrogens is 516 g/mol. The second kappa shape index (κ2) is 11.2.